The summed E-state index contributed by atoms with van der Waals surface area (Å²) in [5.74, 6) is -1.55. The lowest BCUT2D eigenvalue weighted by atomic mass is 10.0. The summed E-state index contributed by atoms with van der Waals surface area (Å²) in [5.41, 5.74) is 7.00. The third-order valence-electron chi connectivity index (χ3n) is 5.40. The van der Waals surface area contributed by atoms with Crippen LogP contribution in [0.1, 0.15) is 18.4 Å². The second-order valence-corrected chi connectivity index (χ2v) is 9.88. The molecule has 0 aliphatic carbocycles. The Bertz CT molecular complexity index is 1020. The summed E-state index contributed by atoms with van der Waals surface area (Å²) >= 11 is 3.02. The van der Waals surface area contributed by atoms with Crippen LogP contribution < -0.4 is 21.7 Å². The maximum atomic E-state index is 13.1. The Morgan fingerprint density at radius 3 is 2.09 bits per heavy atom. The number of carboxylic acids is 1. The molecule has 1 aromatic heterocycles. The third-order valence-corrected chi connectivity index (χ3v) is 6.69. The quantitative estimate of drug-likeness (QED) is 0.199. The first-order chi connectivity index (χ1) is 16.8. The zero-order valence-corrected chi connectivity index (χ0v) is 21.5. The Labute approximate surface area is 212 Å². The fourth-order valence-electron chi connectivity index (χ4n) is 3.53. The van der Waals surface area contributed by atoms with Crippen molar-refractivity contribution in [2.24, 2.45) is 5.73 Å². The van der Waals surface area contributed by atoms with Gasteiger partial charge in [-0.15, -0.1) is 0 Å². The maximum absolute atomic E-state index is 13.1. The highest BCUT2D eigenvalue weighted by atomic mass is 32.2. The van der Waals surface area contributed by atoms with Gasteiger partial charge in [-0.05, 0) is 48.5 Å². The lowest BCUT2D eigenvalue weighted by molar-refractivity contribution is -0.142. The Hall–Kier alpha value is -2.70. The first-order valence-corrected chi connectivity index (χ1v) is 13.9. The number of benzene rings is 1. The number of nitrogens with one attached hydrogen (secondary N) is 4. The van der Waals surface area contributed by atoms with Crippen molar-refractivity contribution in [2.45, 2.75) is 37.4 Å². The van der Waals surface area contributed by atoms with Crippen LogP contribution in [0.3, 0.4) is 0 Å². The van der Waals surface area contributed by atoms with E-state index in [1.54, 1.807) is 6.20 Å². The maximum Gasteiger partial charge on any atom is 0.326 e. The van der Waals surface area contributed by atoms with E-state index < -0.39 is 41.8 Å². The van der Waals surface area contributed by atoms with Gasteiger partial charge < -0.3 is 31.8 Å². The van der Waals surface area contributed by atoms with Crippen LogP contribution in [-0.4, -0.2) is 82.5 Å². The molecule has 0 bridgehead atoms. The normalized spacial score (nSPS) is 13.6. The van der Waals surface area contributed by atoms with E-state index in [4.69, 9.17) is 5.73 Å². The van der Waals surface area contributed by atoms with Crippen LogP contribution in [0.4, 0.5) is 0 Å². The minimum Gasteiger partial charge on any atom is -0.480 e. The summed E-state index contributed by atoms with van der Waals surface area (Å²) < 4.78 is 0. The molecular weight excluding hydrogens is 490 g/mol. The van der Waals surface area contributed by atoms with Crippen molar-refractivity contribution < 1.29 is 24.3 Å². The molecule has 192 valence electrons. The van der Waals surface area contributed by atoms with Gasteiger partial charge in [-0.1, -0.05) is 18.2 Å². The van der Waals surface area contributed by atoms with Gasteiger partial charge in [0.05, 0.1) is 6.54 Å². The van der Waals surface area contributed by atoms with Crippen LogP contribution in [0.5, 0.6) is 0 Å². The van der Waals surface area contributed by atoms with Crippen LogP contribution in [0.2, 0.25) is 0 Å². The molecule has 35 heavy (non-hydrogen) atoms. The molecule has 3 atom stereocenters. The number of thioether (sulfide) groups is 2. The molecule has 0 fully saturated rings. The molecule has 0 saturated carbocycles. The lowest BCUT2D eigenvalue weighted by Gasteiger charge is -2.24. The van der Waals surface area contributed by atoms with E-state index in [2.05, 4.69) is 20.9 Å². The Morgan fingerprint density at radius 2 is 1.51 bits per heavy atom. The van der Waals surface area contributed by atoms with Gasteiger partial charge in [0.25, 0.3) is 0 Å². The van der Waals surface area contributed by atoms with E-state index in [9.17, 15) is 24.3 Å². The largest absolute Gasteiger partial charge is 0.480 e. The molecule has 0 saturated heterocycles. The first kappa shape index (κ1) is 28.5. The average Bonchev–Trinajstić information content (AvgIpc) is 3.26. The van der Waals surface area contributed by atoms with Gasteiger partial charge in [0, 0.05) is 23.5 Å². The molecule has 1 heterocycles. The second kappa shape index (κ2) is 14.6. The number of fused-ring (bicyclic) bond motifs is 1. The number of rotatable bonds is 15. The number of hydrogen-bond acceptors (Lipinski definition) is 7. The molecule has 10 nitrogen and oxygen atoms in total. The topological polar surface area (TPSA) is 166 Å². The van der Waals surface area contributed by atoms with E-state index in [0.717, 1.165) is 16.5 Å². The molecular formula is C23H33N5O5S2. The Balaban J connectivity index is 2.14. The Morgan fingerprint density at radius 1 is 0.943 bits per heavy atom. The fourth-order valence-corrected chi connectivity index (χ4v) is 4.47. The lowest BCUT2D eigenvalue weighted by Crippen LogP contribution is -2.56. The van der Waals surface area contributed by atoms with Crippen LogP contribution in [0.15, 0.2) is 30.5 Å². The van der Waals surface area contributed by atoms with Gasteiger partial charge in [-0.2, -0.15) is 23.5 Å². The van der Waals surface area contributed by atoms with Crippen molar-refractivity contribution >= 4 is 58.1 Å². The van der Waals surface area contributed by atoms with Crippen LogP contribution in [0.25, 0.3) is 10.9 Å². The van der Waals surface area contributed by atoms with Crippen molar-refractivity contribution in [3.8, 4) is 0 Å². The predicted molar refractivity (Wildman–Crippen MR) is 140 cm³/mol. The first-order valence-electron chi connectivity index (χ1n) is 11.2. The standard InChI is InChI=1S/C23H33N5O5S2/c1-34-9-7-17(26-20(29)12-24)21(30)27-18(8-10-35-2)22(31)28-19(23(32)33)11-14-13-25-16-6-4-3-5-15(14)16/h3-6,13,17-19,25H,7-12,24H2,1-2H3,(H,26,29)(H,27,30)(H,28,31)(H,32,33). The number of aliphatic carboxylic acids is 1. The van der Waals surface area contributed by atoms with Gasteiger partial charge in [0.15, 0.2) is 0 Å². The highest BCUT2D eigenvalue weighted by Gasteiger charge is 2.29. The molecule has 0 spiro atoms. The number of amides is 3. The third kappa shape index (κ3) is 8.79. The number of aromatic nitrogens is 1. The molecule has 3 unspecified atom stereocenters. The molecule has 0 aliphatic heterocycles. The van der Waals surface area contributed by atoms with E-state index in [-0.39, 0.29) is 13.0 Å². The number of para-hydroxylation sites is 1. The number of carbonyl (C=O) groups is 4. The van der Waals surface area contributed by atoms with Crippen molar-refractivity contribution in [1.29, 1.82) is 0 Å². The van der Waals surface area contributed by atoms with E-state index >= 15 is 0 Å². The average molecular weight is 524 g/mol. The number of H-pyrrole nitrogens is 1. The molecule has 2 rings (SSSR count). The van der Waals surface area contributed by atoms with E-state index in [1.165, 1.54) is 23.5 Å². The smallest absolute Gasteiger partial charge is 0.326 e. The van der Waals surface area contributed by atoms with E-state index in [1.807, 2.05) is 36.8 Å². The van der Waals surface area contributed by atoms with Crippen molar-refractivity contribution in [3.05, 3.63) is 36.0 Å². The zero-order valence-electron chi connectivity index (χ0n) is 19.8. The number of aromatic amines is 1. The second-order valence-electron chi connectivity index (χ2n) is 7.91. The van der Waals surface area contributed by atoms with Gasteiger partial charge in [-0.25, -0.2) is 4.79 Å². The molecule has 2 aromatic rings. The van der Waals surface area contributed by atoms with Gasteiger partial charge in [0.2, 0.25) is 17.7 Å². The van der Waals surface area contributed by atoms with Gasteiger partial charge in [0.1, 0.15) is 18.1 Å². The highest BCUT2D eigenvalue weighted by molar-refractivity contribution is 7.98. The van der Waals surface area contributed by atoms with Crippen LogP contribution in [0, 0.1) is 0 Å². The number of carbonyl (C=O) groups excluding carboxylic acids is 3. The van der Waals surface area contributed by atoms with Gasteiger partial charge >= 0.3 is 5.97 Å². The Kier molecular flexibility index (Phi) is 11.9. The van der Waals surface area contributed by atoms with Crippen LogP contribution >= 0.6 is 23.5 Å². The van der Waals surface area contributed by atoms with Crippen molar-refractivity contribution in [3.63, 3.8) is 0 Å². The molecule has 12 heteroatoms. The minimum absolute atomic E-state index is 0.0805. The number of nitrogens with two attached hydrogens (primary N) is 1. The summed E-state index contributed by atoms with van der Waals surface area (Å²) in [6.45, 7) is -0.256. The van der Waals surface area contributed by atoms with Gasteiger partial charge in [-0.3, -0.25) is 14.4 Å². The molecule has 7 N–H and O–H groups in total. The summed E-state index contributed by atoms with van der Waals surface area (Å²) in [6.07, 6.45) is 6.24. The minimum atomic E-state index is -1.18. The summed E-state index contributed by atoms with van der Waals surface area (Å²) in [6, 6.07) is 4.53. The number of hydrogen-bond donors (Lipinski definition) is 6. The molecule has 0 aliphatic rings. The molecule has 1 aromatic carbocycles. The predicted octanol–water partition coefficient (Wildman–Crippen LogP) is 0.714. The fraction of sp³-hybridized carbons (Fsp3) is 0.478. The summed E-state index contributed by atoms with van der Waals surface area (Å²) in [4.78, 5) is 52.8. The van der Waals surface area contributed by atoms with E-state index in [0.29, 0.717) is 24.3 Å². The monoisotopic (exact) mass is 523 g/mol. The van der Waals surface area contributed by atoms with Crippen molar-refractivity contribution in [2.75, 3.05) is 30.6 Å². The summed E-state index contributed by atoms with van der Waals surface area (Å²) in [5, 5.41) is 18.5. The number of carboxylic acid groups (broad SMARTS) is 1. The zero-order chi connectivity index (χ0) is 25.8. The SMILES string of the molecule is CSCCC(NC(=O)CN)C(=O)NC(CCSC)C(=O)NC(Cc1c[nH]c2ccccc12)C(=O)O. The highest BCUT2D eigenvalue weighted by Crippen LogP contribution is 2.19. The molecule has 0 radical (unpaired) electrons. The summed E-state index contributed by atoms with van der Waals surface area (Å²) in [7, 11) is 0. The van der Waals surface area contributed by atoms with Crippen LogP contribution in [-0.2, 0) is 25.6 Å². The molecule has 3 amide bonds. The van der Waals surface area contributed by atoms with Crippen molar-refractivity contribution in [1.82, 2.24) is 20.9 Å².